The van der Waals surface area contributed by atoms with Crippen LogP contribution in [0.2, 0.25) is 15.2 Å². The number of nitrogen functional groups attached to an aromatic ring is 1. The molecule has 0 saturated heterocycles. The second-order valence-electron chi connectivity index (χ2n) is 4.57. The summed E-state index contributed by atoms with van der Waals surface area (Å²) in [5.41, 5.74) is 5.22. The number of esters is 1. The number of halogens is 3. The second kappa shape index (κ2) is 7.68. The van der Waals surface area contributed by atoms with Crippen LogP contribution in [0.25, 0.3) is 0 Å². The number of carbonyl (C=O) groups excluding carboxylic acids is 2. The Bertz CT molecular complexity index is 564. The van der Waals surface area contributed by atoms with E-state index in [1.807, 2.05) is 13.8 Å². The van der Waals surface area contributed by atoms with E-state index in [2.05, 4.69) is 10.3 Å². The second-order valence-corrected chi connectivity index (χ2v) is 5.68. The molecule has 0 aliphatic rings. The average molecular weight is 355 g/mol. The number of hydrogen-bond donors (Lipinski definition) is 2. The molecule has 1 amide bonds. The fourth-order valence-corrected chi connectivity index (χ4v) is 1.82. The maximum atomic E-state index is 11.8. The molecule has 0 aromatic carbocycles. The third-order valence-corrected chi connectivity index (χ3v) is 3.44. The molecule has 0 aliphatic heterocycles. The smallest absolute Gasteiger partial charge is 0.359 e. The highest BCUT2D eigenvalue weighted by Gasteiger charge is 2.21. The van der Waals surface area contributed by atoms with Crippen LogP contribution in [0.4, 0.5) is 5.69 Å². The number of nitrogens with one attached hydrogen (secondary N) is 1. The van der Waals surface area contributed by atoms with Gasteiger partial charge in [0.1, 0.15) is 5.02 Å². The van der Waals surface area contributed by atoms with Gasteiger partial charge < -0.3 is 15.8 Å². The lowest BCUT2D eigenvalue weighted by molar-refractivity contribution is -0.124. The van der Waals surface area contributed by atoms with Gasteiger partial charge in [-0.15, -0.1) is 0 Å². The van der Waals surface area contributed by atoms with E-state index in [4.69, 9.17) is 45.3 Å². The van der Waals surface area contributed by atoms with E-state index in [0.29, 0.717) is 6.54 Å². The first-order valence-electron chi connectivity index (χ1n) is 5.97. The molecule has 0 bridgehead atoms. The quantitative estimate of drug-likeness (QED) is 0.626. The Hall–Kier alpha value is -1.24. The fourth-order valence-electron chi connectivity index (χ4n) is 1.24. The zero-order chi connectivity index (χ0) is 16.2. The molecule has 1 heterocycles. The topological polar surface area (TPSA) is 94.3 Å². The van der Waals surface area contributed by atoms with Crippen LogP contribution < -0.4 is 11.1 Å². The van der Waals surface area contributed by atoms with Crippen LogP contribution in [0.3, 0.4) is 0 Å². The molecule has 0 radical (unpaired) electrons. The third kappa shape index (κ3) is 4.91. The van der Waals surface area contributed by atoms with Crippen molar-refractivity contribution in [2.75, 3.05) is 18.9 Å². The number of hydrogen-bond acceptors (Lipinski definition) is 5. The van der Waals surface area contributed by atoms with Gasteiger partial charge in [0.2, 0.25) is 0 Å². The number of rotatable bonds is 5. The summed E-state index contributed by atoms with van der Waals surface area (Å²) >= 11 is 17.3. The maximum absolute atomic E-state index is 11.8. The van der Waals surface area contributed by atoms with Gasteiger partial charge in [0.05, 0.1) is 10.7 Å². The van der Waals surface area contributed by atoms with E-state index < -0.39 is 18.5 Å². The molecule has 0 aliphatic carbocycles. The molecule has 0 fully saturated rings. The first-order chi connectivity index (χ1) is 9.73. The molecule has 1 aromatic heterocycles. The molecule has 0 saturated carbocycles. The lowest BCUT2D eigenvalue weighted by Crippen LogP contribution is -2.31. The van der Waals surface area contributed by atoms with Crippen molar-refractivity contribution in [2.24, 2.45) is 5.92 Å². The van der Waals surface area contributed by atoms with Crippen molar-refractivity contribution in [1.82, 2.24) is 10.3 Å². The Morgan fingerprint density at radius 2 is 1.90 bits per heavy atom. The number of anilines is 1. The predicted molar refractivity (Wildman–Crippen MR) is 81.8 cm³/mol. The number of nitrogens with zero attached hydrogens (tertiary/aromatic N) is 1. The van der Waals surface area contributed by atoms with Gasteiger partial charge in [-0.2, -0.15) is 0 Å². The Morgan fingerprint density at radius 1 is 1.29 bits per heavy atom. The van der Waals surface area contributed by atoms with Gasteiger partial charge >= 0.3 is 5.97 Å². The number of amides is 1. The largest absolute Gasteiger partial charge is 0.451 e. The minimum atomic E-state index is -0.912. The zero-order valence-corrected chi connectivity index (χ0v) is 13.6. The van der Waals surface area contributed by atoms with E-state index in [1.165, 1.54) is 0 Å². The minimum Gasteiger partial charge on any atom is -0.451 e. The molecule has 1 rings (SSSR count). The monoisotopic (exact) mass is 353 g/mol. The standard InChI is InChI=1S/C12H14Cl3N3O3/c1-5(2)3-17-6(19)4-21-12(20)10-7(13)9(16)8(14)11(15)18-10/h5H,3-4H2,1-2H3,(H2,16,18)(H,17,19). The van der Waals surface area contributed by atoms with Crippen LogP contribution in [0, 0.1) is 5.92 Å². The number of aromatic nitrogens is 1. The van der Waals surface area contributed by atoms with Gasteiger partial charge in [-0.05, 0) is 5.92 Å². The maximum Gasteiger partial charge on any atom is 0.359 e. The van der Waals surface area contributed by atoms with E-state index in [-0.39, 0.29) is 32.5 Å². The molecular formula is C12H14Cl3N3O3. The molecule has 0 spiro atoms. The Kier molecular flexibility index (Phi) is 6.51. The highest BCUT2D eigenvalue weighted by atomic mass is 35.5. The van der Waals surface area contributed by atoms with Gasteiger partial charge in [0, 0.05) is 6.54 Å². The SMILES string of the molecule is CC(C)CNC(=O)COC(=O)c1nc(Cl)c(Cl)c(N)c1Cl. The summed E-state index contributed by atoms with van der Waals surface area (Å²) < 4.78 is 4.80. The molecule has 1 aromatic rings. The molecule has 0 atom stereocenters. The molecule has 6 nitrogen and oxygen atoms in total. The normalized spacial score (nSPS) is 10.6. The van der Waals surface area contributed by atoms with Gasteiger partial charge in [0.15, 0.2) is 17.5 Å². The van der Waals surface area contributed by atoms with Crippen molar-refractivity contribution < 1.29 is 14.3 Å². The summed E-state index contributed by atoms with van der Waals surface area (Å²) in [7, 11) is 0. The summed E-state index contributed by atoms with van der Waals surface area (Å²) in [6, 6.07) is 0. The Balaban J connectivity index is 2.71. The van der Waals surface area contributed by atoms with Gasteiger partial charge in [-0.25, -0.2) is 9.78 Å². The molecular weight excluding hydrogens is 341 g/mol. The van der Waals surface area contributed by atoms with Crippen molar-refractivity contribution in [3.63, 3.8) is 0 Å². The van der Waals surface area contributed by atoms with Crippen LogP contribution >= 0.6 is 34.8 Å². The molecule has 9 heteroatoms. The van der Waals surface area contributed by atoms with E-state index in [9.17, 15) is 9.59 Å². The molecule has 3 N–H and O–H groups in total. The van der Waals surface area contributed by atoms with E-state index in [0.717, 1.165) is 0 Å². The van der Waals surface area contributed by atoms with Crippen molar-refractivity contribution in [2.45, 2.75) is 13.8 Å². The van der Waals surface area contributed by atoms with Crippen molar-refractivity contribution in [3.8, 4) is 0 Å². The summed E-state index contributed by atoms with van der Waals surface area (Å²) in [6.45, 7) is 3.90. The van der Waals surface area contributed by atoms with Crippen molar-refractivity contribution in [1.29, 1.82) is 0 Å². The van der Waals surface area contributed by atoms with Gasteiger partial charge in [0.25, 0.3) is 5.91 Å². The summed E-state index contributed by atoms with van der Waals surface area (Å²) in [5, 5.41) is 2.20. The lowest BCUT2D eigenvalue weighted by atomic mass is 10.2. The third-order valence-electron chi connectivity index (χ3n) is 2.31. The highest BCUT2D eigenvalue weighted by molar-refractivity contribution is 6.46. The number of ether oxygens (including phenoxy) is 1. The Labute approximate surface area is 136 Å². The molecule has 116 valence electrons. The first kappa shape index (κ1) is 17.8. The van der Waals surface area contributed by atoms with E-state index in [1.54, 1.807) is 0 Å². The van der Waals surface area contributed by atoms with Crippen LogP contribution in [0.5, 0.6) is 0 Å². The lowest BCUT2D eigenvalue weighted by Gasteiger charge is -2.10. The summed E-state index contributed by atoms with van der Waals surface area (Å²) in [4.78, 5) is 27.0. The number of pyridine rings is 1. The molecule has 21 heavy (non-hydrogen) atoms. The summed E-state index contributed by atoms with van der Waals surface area (Å²) in [5.74, 6) is -1.05. The first-order valence-corrected chi connectivity index (χ1v) is 7.11. The summed E-state index contributed by atoms with van der Waals surface area (Å²) in [6.07, 6.45) is 0. The highest BCUT2D eigenvalue weighted by Crippen LogP contribution is 2.34. The predicted octanol–water partition coefficient (Wildman–Crippen LogP) is 2.55. The van der Waals surface area contributed by atoms with E-state index >= 15 is 0 Å². The van der Waals surface area contributed by atoms with Crippen molar-refractivity contribution in [3.05, 3.63) is 20.9 Å². The van der Waals surface area contributed by atoms with Crippen LogP contribution in [-0.2, 0) is 9.53 Å². The minimum absolute atomic E-state index is 0.0482. The average Bonchev–Trinajstić information content (AvgIpc) is 2.44. The van der Waals surface area contributed by atoms with Gasteiger partial charge in [-0.1, -0.05) is 48.7 Å². The van der Waals surface area contributed by atoms with Crippen molar-refractivity contribution >= 4 is 52.4 Å². The van der Waals surface area contributed by atoms with Crippen LogP contribution in [0.1, 0.15) is 24.3 Å². The fraction of sp³-hybridized carbons (Fsp3) is 0.417. The Morgan fingerprint density at radius 3 is 2.48 bits per heavy atom. The number of carbonyl (C=O) groups is 2. The van der Waals surface area contributed by atoms with Crippen LogP contribution in [-0.4, -0.2) is 30.0 Å². The molecule has 0 unspecified atom stereocenters. The zero-order valence-electron chi connectivity index (χ0n) is 11.4. The van der Waals surface area contributed by atoms with Crippen LogP contribution in [0.15, 0.2) is 0 Å². The van der Waals surface area contributed by atoms with Gasteiger partial charge in [-0.3, -0.25) is 4.79 Å². The number of nitrogens with two attached hydrogens (primary N) is 1.